The van der Waals surface area contributed by atoms with E-state index in [2.05, 4.69) is 35.4 Å². The molecule has 1 aromatic heterocycles. The van der Waals surface area contributed by atoms with Crippen LogP contribution in [0.2, 0.25) is 0 Å². The van der Waals surface area contributed by atoms with Crippen molar-refractivity contribution in [2.45, 2.75) is 18.2 Å². The molecule has 3 nitrogen and oxygen atoms in total. The fraction of sp³-hybridized carbons (Fsp3) is 0.211. The van der Waals surface area contributed by atoms with E-state index in [4.69, 9.17) is 0 Å². The average molecular weight is 324 g/mol. The molecule has 118 valence electrons. The minimum atomic E-state index is -0.0201. The SMILES string of the molecule is CSc1ccc(C(=O)NCCc2c[nH]c3cc(C)ccc23)cc1. The molecule has 0 atom stereocenters. The van der Waals surface area contributed by atoms with Gasteiger partial charge < -0.3 is 10.3 Å². The minimum absolute atomic E-state index is 0.0201. The highest BCUT2D eigenvalue weighted by Gasteiger charge is 2.07. The Labute approximate surface area is 140 Å². The van der Waals surface area contributed by atoms with E-state index in [1.54, 1.807) is 11.8 Å². The van der Waals surface area contributed by atoms with Crippen molar-refractivity contribution in [3.05, 3.63) is 65.4 Å². The molecule has 2 N–H and O–H groups in total. The predicted molar refractivity (Wildman–Crippen MR) is 97.3 cm³/mol. The number of carbonyl (C=O) groups excluding carboxylic acids is 1. The van der Waals surface area contributed by atoms with Crippen LogP contribution in [0, 0.1) is 6.92 Å². The number of amides is 1. The predicted octanol–water partition coefficient (Wildman–Crippen LogP) is 4.17. The van der Waals surface area contributed by atoms with Gasteiger partial charge in [-0.2, -0.15) is 0 Å². The van der Waals surface area contributed by atoms with Crippen LogP contribution in [0.3, 0.4) is 0 Å². The number of nitrogens with one attached hydrogen (secondary N) is 2. The molecule has 0 saturated heterocycles. The zero-order chi connectivity index (χ0) is 16.2. The summed E-state index contributed by atoms with van der Waals surface area (Å²) in [4.78, 5) is 16.6. The van der Waals surface area contributed by atoms with Gasteiger partial charge in [-0.15, -0.1) is 11.8 Å². The van der Waals surface area contributed by atoms with Gasteiger partial charge in [-0.3, -0.25) is 4.79 Å². The Kier molecular flexibility index (Phi) is 4.72. The molecule has 0 aliphatic rings. The second-order valence-corrected chi connectivity index (χ2v) is 6.48. The molecule has 4 heteroatoms. The molecule has 0 aliphatic heterocycles. The van der Waals surface area contributed by atoms with Gasteiger partial charge >= 0.3 is 0 Å². The van der Waals surface area contributed by atoms with Gasteiger partial charge in [-0.25, -0.2) is 0 Å². The van der Waals surface area contributed by atoms with E-state index in [-0.39, 0.29) is 5.91 Å². The van der Waals surface area contributed by atoms with Crippen LogP contribution in [0.1, 0.15) is 21.5 Å². The molecule has 0 aliphatic carbocycles. The summed E-state index contributed by atoms with van der Waals surface area (Å²) in [6, 6.07) is 14.1. The fourth-order valence-corrected chi connectivity index (χ4v) is 3.07. The zero-order valence-electron chi connectivity index (χ0n) is 13.3. The number of aryl methyl sites for hydroxylation is 1. The van der Waals surface area contributed by atoms with Gasteiger partial charge in [0.1, 0.15) is 0 Å². The van der Waals surface area contributed by atoms with E-state index in [0.717, 1.165) is 16.8 Å². The van der Waals surface area contributed by atoms with Crippen molar-refractivity contribution in [1.82, 2.24) is 10.3 Å². The van der Waals surface area contributed by atoms with Crippen LogP contribution >= 0.6 is 11.8 Å². The van der Waals surface area contributed by atoms with Gasteiger partial charge in [0, 0.05) is 34.1 Å². The van der Waals surface area contributed by atoms with E-state index in [1.165, 1.54) is 16.5 Å². The Hall–Kier alpha value is -2.20. The van der Waals surface area contributed by atoms with E-state index in [1.807, 2.05) is 36.7 Å². The zero-order valence-corrected chi connectivity index (χ0v) is 14.2. The summed E-state index contributed by atoms with van der Waals surface area (Å²) in [5.41, 5.74) is 4.34. The second kappa shape index (κ2) is 6.92. The van der Waals surface area contributed by atoms with Crippen molar-refractivity contribution >= 4 is 28.6 Å². The Morgan fingerprint density at radius 3 is 2.70 bits per heavy atom. The molecule has 0 fully saturated rings. The largest absolute Gasteiger partial charge is 0.361 e. The molecule has 2 aromatic carbocycles. The first-order valence-electron chi connectivity index (χ1n) is 7.66. The summed E-state index contributed by atoms with van der Waals surface area (Å²) in [7, 11) is 0. The highest BCUT2D eigenvalue weighted by atomic mass is 32.2. The molecule has 1 amide bonds. The standard InChI is InChI=1S/C19H20N2OS/c1-13-3-8-17-15(12-21-18(17)11-13)9-10-20-19(22)14-4-6-16(23-2)7-5-14/h3-8,11-12,21H,9-10H2,1-2H3,(H,20,22). The third-order valence-corrected chi connectivity index (χ3v) is 4.70. The summed E-state index contributed by atoms with van der Waals surface area (Å²) >= 11 is 1.67. The molecule has 0 radical (unpaired) electrons. The lowest BCUT2D eigenvalue weighted by molar-refractivity contribution is 0.0954. The normalized spacial score (nSPS) is 10.9. The van der Waals surface area contributed by atoms with E-state index in [0.29, 0.717) is 12.1 Å². The lowest BCUT2D eigenvalue weighted by Gasteiger charge is -2.05. The summed E-state index contributed by atoms with van der Waals surface area (Å²) in [6.45, 7) is 2.71. The number of aromatic nitrogens is 1. The summed E-state index contributed by atoms with van der Waals surface area (Å²) in [5, 5.41) is 4.22. The maximum atomic E-state index is 12.2. The van der Waals surface area contributed by atoms with E-state index >= 15 is 0 Å². The summed E-state index contributed by atoms with van der Waals surface area (Å²) in [6.07, 6.45) is 4.87. The number of H-pyrrole nitrogens is 1. The molecule has 3 rings (SSSR count). The van der Waals surface area contributed by atoms with Crippen molar-refractivity contribution in [3.63, 3.8) is 0 Å². The maximum Gasteiger partial charge on any atom is 0.251 e. The number of hydrogen-bond donors (Lipinski definition) is 2. The highest BCUT2D eigenvalue weighted by Crippen LogP contribution is 2.19. The van der Waals surface area contributed by atoms with Crippen LogP contribution in [0.5, 0.6) is 0 Å². The van der Waals surface area contributed by atoms with Gasteiger partial charge in [-0.1, -0.05) is 12.1 Å². The van der Waals surface area contributed by atoms with Gasteiger partial charge in [0.2, 0.25) is 0 Å². The van der Waals surface area contributed by atoms with Gasteiger partial charge in [0.15, 0.2) is 0 Å². The number of carbonyl (C=O) groups is 1. The third-order valence-electron chi connectivity index (χ3n) is 3.96. The van der Waals surface area contributed by atoms with Gasteiger partial charge in [0.25, 0.3) is 5.91 Å². The van der Waals surface area contributed by atoms with Crippen LogP contribution < -0.4 is 5.32 Å². The topological polar surface area (TPSA) is 44.9 Å². The molecule has 0 saturated carbocycles. The lowest BCUT2D eigenvalue weighted by atomic mass is 10.1. The van der Waals surface area contributed by atoms with Crippen molar-refractivity contribution in [3.8, 4) is 0 Å². The fourth-order valence-electron chi connectivity index (χ4n) is 2.66. The number of hydrogen-bond acceptors (Lipinski definition) is 2. The summed E-state index contributed by atoms with van der Waals surface area (Å²) in [5.74, 6) is -0.0201. The quantitative estimate of drug-likeness (QED) is 0.692. The van der Waals surface area contributed by atoms with Crippen LogP contribution in [0.25, 0.3) is 10.9 Å². The smallest absolute Gasteiger partial charge is 0.251 e. The Morgan fingerprint density at radius 2 is 1.96 bits per heavy atom. The molecule has 0 bridgehead atoms. The number of thioether (sulfide) groups is 1. The van der Waals surface area contributed by atoms with Crippen molar-refractivity contribution in [1.29, 1.82) is 0 Å². The van der Waals surface area contributed by atoms with Crippen LogP contribution in [0.15, 0.2) is 53.6 Å². The second-order valence-electron chi connectivity index (χ2n) is 5.60. The number of benzene rings is 2. The molecular weight excluding hydrogens is 304 g/mol. The molecular formula is C19H20N2OS. The Morgan fingerprint density at radius 1 is 1.17 bits per heavy atom. The highest BCUT2D eigenvalue weighted by molar-refractivity contribution is 7.98. The molecule has 0 unspecified atom stereocenters. The third kappa shape index (κ3) is 3.59. The van der Waals surface area contributed by atoms with E-state index in [9.17, 15) is 4.79 Å². The number of rotatable bonds is 5. The first-order chi connectivity index (χ1) is 11.2. The number of aromatic amines is 1. The van der Waals surface area contributed by atoms with Crippen molar-refractivity contribution in [2.24, 2.45) is 0 Å². The van der Waals surface area contributed by atoms with Crippen molar-refractivity contribution in [2.75, 3.05) is 12.8 Å². The molecule has 23 heavy (non-hydrogen) atoms. The van der Waals surface area contributed by atoms with Gasteiger partial charge in [-0.05, 0) is 61.1 Å². The first kappa shape index (κ1) is 15.7. The van der Waals surface area contributed by atoms with Crippen LogP contribution in [-0.2, 0) is 6.42 Å². The molecule has 3 aromatic rings. The maximum absolute atomic E-state index is 12.2. The monoisotopic (exact) mass is 324 g/mol. The average Bonchev–Trinajstić information content (AvgIpc) is 2.97. The first-order valence-corrected chi connectivity index (χ1v) is 8.89. The Bertz CT molecular complexity index is 821. The van der Waals surface area contributed by atoms with Crippen molar-refractivity contribution < 1.29 is 4.79 Å². The minimum Gasteiger partial charge on any atom is -0.361 e. The van der Waals surface area contributed by atoms with Crippen LogP contribution in [-0.4, -0.2) is 23.7 Å². The number of fused-ring (bicyclic) bond motifs is 1. The lowest BCUT2D eigenvalue weighted by Crippen LogP contribution is -2.25. The Balaban J connectivity index is 1.60. The summed E-state index contributed by atoms with van der Waals surface area (Å²) < 4.78 is 0. The van der Waals surface area contributed by atoms with E-state index < -0.39 is 0 Å². The molecule has 0 spiro atoms. The molecule has 1 heterocycles. The van der Waals surface area contributed by atoms with Crippen LogP contribution in [0.4, 0.5) is 0 Å². The van der Waals surface area contributed by atoms with Gasteiger partial charge in [0.05, 0.1) is 0 Å².